The van der Waals surface area contributed by atoms with Gasteiger partial charge in [-0.1, -0.05) is 12.1 Å². The maximum atomic E-state index is 10.8. The third kappa shape index (κ3) is 1.28. The summed E-state index contributed by atoms with van der Waals surface area (Å²) < 4.78 is 0. The molecule has 0 bridgehead atoms. The predicted octanol–water partition coefficient (Wildman–Crippen LogP) is 1.58. The molecule has 1 aromatic carbocycles. The molecule has 0 atom stereocenters. The second-order valence-corrected chi connectivity index (χ2v) is 3.14. The average molecular weight is 174 g/mol. The fourth-order valence-electron chi connectivity index (χ4n) is 1.37. The van der Waals surface area contributed by atoms with Gasteiger partial charge in [-0.2, -0.15) is 0 Å². The fourth-order valence-corrected chi connectivity index (χ4v) is 1.37. The molecule has 1 heterocycles. The SMILES string of the molecule is Cc1ccc2cc(C(N)=O)[nH]c2c1. The highest BCUT2D eigenvalue weighted by Gasteiger charge is 2.04. The first kappa shape index (κ1) is 7.86. The summed E-state index contributed by atoms with van der Waals surface area (Å²) in [7, 11) is 0. The van der Waals surface area contributed by atoms with E-state index in [1.165, 1.54) is 0 Å². The van der Waals surface area contributed by atoms with Gasteiger partial charge in [-0.15, -0.1) is 0 Å². The minimum absolute atomic E-state index is 0.422. The summed E-state index contributed by atoms with van der Waals surface area (Å²) in [5.41, 5.74) is 7.71. The van der Waals surface area contributed by atoms with E-state index in [4.69, 9.17) is 5.73 Å². The Balaban J connectivity index is 2.68. The van der Waals surface area contributed by atoms with Gasteiger partial charge in [-0.25, -0.2) is 0 Å². The predicted molar refractivity (Wildman–Crippen MR) is 51.6 cm³/mol. The van der Waals surface area contributed by atoms with E-state index in [9.17, 15) is 4.79 Å². The van der Waals surface area contributed by atoms with E-state index in [0.29, 0.717) is 5.69 Å². The lowest BCUT2D eigenvalue weighted by Crippen LogP contribution is -2.10. The van der Waals surface area contributed by atoms with E-state index in [1.807, 2.05) is 25.1 Å². The molecule has 0 aliphatic rings. The molecule has 0 aliphatic carbocycles. The molecule has 0 saturated heterocycles. The number of primary amides is 1. The first-order valence-electron chi connectivity index (χ1n) is 4.06. The lowest BCUT2D eigenvalue weighted by molar-refractivity contribution is 0.0996. The summed E-state index contributed by atoms with van der Waals surface area (Å²) >= 11 is 0. The molecule has 2 aromatic rings. The monoisotopic (exact) mass is 174 g/mol. The molecule has 0 fully saturated rings. The van der Waals surface area contributed by atoms with Crippen LogP contribution in [0.15, 0.2) is 24.3 Å². The summed E-state index contributed by atoms with van der Waals surface area (Å²) in [6, 6.07) is 7.72. The van der Waals surface area contributed by atoms with Crippen LogP contribution in [0.3, 0.4) is 0 Å². The molecule has 1 amide bonds. The van der Waals surface area contributed by atoms with Gasteiger partial charge in [0.1, 0.15) is 5.69 Å². The van der Waals surface area contributed by atoms with Gasteiger partial charge in [-0.05, 0) is 24.6 Å². The molecular weight excluding hydrogens is 164 g/mol. The van der Waals surface area contributed by atoms with Crippen LogP contribution in [0.5, 0.6) is 0 Å². The van der Waals surface area contributed by atoms with Crippen LogP contribution in [-0.4, -0.2) is 10.9 Å². The Morgan fingerprint density at radius 3 is 2.85 bits per heavy atom. The van der Waals surface area contributed by atoms with Crippen molar-refractivity contribution < 1.29 is 4.79 Å². The topological polar surface area (TPSA) is 58.9 Å². The molecule has 0 saturated carbocycles. The lowest BCUT2D eigenvalue weighted by atomic mass is 10.2. The molecule has 0 spiro atoms. The summed E-state index contributed by atoms with van der Waals surface area (Å²) in [5, 5.41) is 1.01. The minimum Gasteiger partial charge on any atom is -0.364 e. The zero-order valence-electron chi connectivity index (χ0n) is 7.29. The van der Waals surface area contributed by atoms with Crippen molar-refractivity contribution in [3.05, 3.63) is 35.5 Å². The zero-order chi connectivity index (χ0) is 9.42. The van der Waals surface area contributed by atoms with Crippen LogP contribution >= 0.6 is 0 Å². The number of aryl methyl sites for hydroxylation is 1. The molecule has 66 valence electrons. The van der Waals surface area contributed by atoms with Crippen molar-refractivity contribution >= 4 is 16.8 Å². The van der Waals surface area contributed by atoms with Crippen molar-refractivity contribution in [2.75, 3.05) is 0 Å². The van der Waals surface area contributed by atoms with Gasteiger partial charge >= 0.3 is 0 Å². The number of amides is 1. The number of hydrogen-bond acceptors (Lipinski definition) is 1. The second kappa shape index (κ2) is 2.62. The molecule has 13 heavy (non-hydrogen) atoms. The maximum Gasteiger partial charge on any atom is 0.265 e. The standard InChI is InChI=1S/C10H10N2O/c1-6-2-3-7-5-9(10(11)13)12-8(7)4-6/h2-5,12H,1H3,(H2,11,13). The smallest absolute Gasteiger partial charge is 0.265 e. The number of carbonyl (C=O) groups excluding carboxylic acids is 1. The van der Waals surface area contributed by atoms with Crippen LogP contribution in [0, 0.1) is 6.92 Å². The van der Waals surface area contributed by atoms with Gasteiger partial charge in [0.25, 0.3) is 5.91 Å². The Kier molecular flexibility index (Phi) is 1.59. The van der Waals surface area contributed by atoms with E-state index < -0.39 is 5.91 Å². The number of aromatic nitrogens is 1. The van der Waals surface area contributed by atoms with Gasteiger partial charge in [0.2, 0.25) is 0 Å². The lowest BCUT2D eigenvalue weighted by Gasteiger charge is -1.90. The summed E-state index contributed by atoms with van der Waals surface area (Å²) in [6.07, 6.45) is 0. The van der Waals surface area contributed by atoms with E-state index in [2.05, 4.69) is 4.98 Å². The number of H-pyrrole nitrogens is 1. The molecular formula is C10H10N2O. The first-order chi connectivity index (χ1) is 6.16. The summed E-state index contributed by atoms with van der Waals surface area (Å²) in [5.74, 6) is -0.422. The Morgan fingerprint density at radius 1 is 1.38 bits per heavy atom. The van der Waals surface area contributed by atoms with Gasteiger partial charge in [-0.3, -0.25) is 4.79 Å². The summed E-state index contributed by atoms with van der Waals surface area (Å²) in [4.78, 5) is 13.8. The number of nitrogens with two attached hydrogens (primary N) is 1. The number of benzene rings is 1. The third-order valence-corrected chi connectivity index (χ3v) is 2.04. The highest BCUT2D eigenvalue weighted by atomic mass is 16.1. The number of aromatic amines is 1. The molecule has 1 aromatic heterocycles. The van der Waals surface area contributed by atoms with Crippen molar-refractivity contribution in [2.24, 2.45) is 5.73 Å². The van der Waals surface area contributed by atoms with Crippen LogP contribution in [0.25, 0.3) is 10.9 Å². The molecule has 3 nitrogen and oxygen atoms in total. The minimum atomic E-state index is -0.422. The maximum absolute atomic E-state index is 10.8. The Labute approximate surface area is 75.6 Å². The Morgan fingerprint density at radius 2 is 2.15 bits per heavy atom. The molecule has 3 heteroatoms. The van der Waals surface area contributed by atoms with Crippen LogP contribution in [0.1, 0.15) is 16.1 Å². The van der Waals surface area contributed by atoms with Crippen molar-refractivity contribution in [3.8, 4) is 0 Å². The highest BCUT2D eigenvalue weighted by molar-refractivity contribution is 5.97. The van der Waals surface area contributed by atoms with E-state index >= 15 is 0 Å². The van der Waals surface area contributed by atoms with Gasteiger partial charge in [0.15, 0.2) is 0 Å². The van der Waals surface area contributed by atoms with Gasteiger partial charge in [0, 0.05) is 10.9 Å². The Hall–Kier alpha value is -1.77. The fraction of sp³-hybridized carbons (Fsp3) is 0.100. The van der Waals surface area contributed by atoms with Crippen molar-refractivity contribution in [1.82, 2.24) is 4.98 Å². The number of fused-ring (bicyclic) bond motifs is 1. The molecule has 0 aliphatic heterocycles. The van der Waals surface area contributed by atoms with Gasteiger partial charge < -0.3 is 10.7 Å². The first-order valence-corrected chi connectivity index (χ1v) is 4.06. The average Bonchev–Trinajstić information content (AvgIpc) is 2.46. The van der Waals surface area contributed by atoms with Crippen LogP contribution in [-0.2, 0) is 0 Å². The van der Waals surface area contributed by atoms with E-state index in [0.717, 1.165) is 16.5 Å². The second-order valence-electron chi connectivity index (χ2n) is 3.14. The quantitative estimate of drug-likeness (QED) is 0.677. The number of hydrogen-bond donors (Lipinski definition) is 2. The molecule has 2 rings (SSSR count). The van der Waals surface area contributed by atoms with Crippen molar-refractivity contribution in [3.63, 3.8) is 0 Å². The molecule has 3 N–H and O–H groups in total. The molecule has 0 unspecified atom stereocenters. The van der Waals surface area contributed by atoms with Crippen LogP contribution in [0.2, 0.25) is 0 Å². The highest BCUT2D eigenvalue weighted by Crippen LogP contribution is 2.16. The van der Waals surface area contributed by atoms with Gasteiger partial charge in [0.05, 0.1) is 0 Å². The van der Waals surface area contributed by atoms with E-state index in [-0.39, 0.29) is 0 Å². The number of nitrogens with one attached hydrogen (secondary N) is 1. The van der Waals surface area contributed by atoms with Crippen LogP contribution < -0.4 is 5.73 Å². The third-order valence-electron chi connectivity index (χ3n) is 2.04. The normalized spacial score (nSPS) is 10.5. The Bertz CT molecular complexity index is 471. The number of carbonyl (C=O) groups is 1. The zero-order valence-corrected chi connectivity index (χ0v) is 7.29. The van der Waals surface area contributed by atoms with Crippen LogP contribution in [0.4, 0.5) is 0 Å². The number of rotatable bonds is 1. The summed E-state index contributed by atoms with van der Waals surface area (Å²) in [6.45, 7) is 2.00. The van der Waals surface area contributed by atoms with E-state index in [1.54, 1.807) is 6.07 Å². The van der Waals surface area contributed by atoms with Crippen molar-refractivity contribution in [1.29, 1.82) is 0 Å². The largest absolute Gasteiger partial charge is 0.364 e. The molecule has 0 radical (unpaired) electrons. The van der Waals surface area contributed by atoms with Crippen molar-refractivity contribution in [2.45, 2.75) is 6.92 Å².